The molecular formula is C18H24FN5O6. The Hall–Kier alpha value is -2.98. The molecule has 0 radical (unpaired) electrons. The fourth-order valence-electron chi connectivity index (χ4n) is 2.91. The van der Waals surface area contributed by atoms with Gasteiger partial charge in [0.05, 0.1) is 12.5 Å². The van der Waals surface area contributed by atoms with Gasteiger partial charge in [-0.2, -0.15) is 4.98 Å². The number of hydrogen-bond donors (Lipinski definition) is 0. The van der Waals surface area contributed by atoms with Gasteiger partial charge in [0.1, 0.15) is 6.61 Å². The second-order valence-corrected chi connectivity index (χ2v) is 7.19. The molecule has 1 aromatic rings. The van der Waals surface area contributed by atoms with Crippen LogP contribution in [0, 0.1) is 12.8 Å². The lowest BCUT2D eigenvalue weighted by Gasteiger charge is -2.32. The second kappa shape index (κ2) is 9.68. The Bertz CT molecular complexity index is 899. The molecule has 2 heterocycles. The summed E-state index contributed by atoms with van der Waals surface area (Å²) >= 11 is 0. The van der Waals surface area contributed by atoms with Crippen LogP contribution in [0.3, 0.4) is 0 Å². The summed E-state index contributed by atoms with van der Waals surface area (Å²) in [6.45, 7) is 5.27. The van der Waals surface area contributed by atoms with Crippen LogP contribution >= 0.6 is 0 Å². The Morgan fingerprint density at radius 3 is 2.77 bits per heavy atom. The second-order valence-electron chi connectivity index (χ2n) is 7.19. The van der Waals surface area contributed by atoms with Crippen LogP contribution in [0.25, 0.3) is 10.4 Å². The highest BCUT2D eigenvalue weighted by Crippen LogP contribution is 2.41. The summed E-state index contributed by atoms with van der Waals surface area (Å²) in [7, 11) is 0. The van der Waals surface area contributed by atoms with E-state index in [-0.39, 0.29) is 6.42 Å². The SMILES string of the molecule is CCC(=O)O[C@H]1[C@@H](F)[C@H](n2ccc(C)nc2=O)O[C@]1(CN=[N+]=[N-])COC(=O)C(C)C. The van der Waals surface area contributed by atoms with Gasteiger partial charge in [-0.3, -0.25) is 14.2 Å². The van der Waals surface area contributed by atoms with Crippen LogP contribution in [0.5, 0.6) is 0 Å². The lowest BCUT2D eigenvalue weighted by Crippen LogP contribution is -2.51. The molecule has 12 heteroatoms. The van der Waals surface area contributed by atoms with E-state index in [0.717, 1.165) is 4.57 Å². The van der Waals surface area contributed by atoms with Crippen molar-refractivity contribution in [2.24, 2.45) is 11.0 Å². The smallest absolute Gasteiger partial charge is 0.349 e. The van der Waals surface area contributed by atoms with Crippen LogP contribution in [0.2, 0.25) is 0 Å². The molecule has 0 N–H and O–H groups in total. The first kappa shape index (κ1) is 23.3. The number of aryl methyl sites for hydroxylation is 1. The number of hydrogen-bond acceptors (Lipinski definition) is 8. The van der Waals surface area contributed by atoms with Crippen LogP contribution in [0.4, 0.5) is 4.39 Å². The monoisotopic (exact) mass is 425 g/mol. The van der Waals surface area contributed by atoms with E-state index in [0.29, 0.717) is 5.69 Å². The van der Waals surface area contributed by atoms with Gasteiger partial charge in [0.2, 0.25) is 0 Å². The van der Waals surface area contributed by atoms with E-state index >= 15 is 4.39 Å². The number of aromatic nitrogens is 2. The molecule has 164 valence electrons. The number of rotatable bonds is 8. The van der Waals surface area contributed by atoms with E-state index in [1.165, 1.54) is 19.2 Å². The molecule has 1 saturated heterocycles. The molecule has 1 fully saturated rings. The van der Waals surface area contributed by atoms with Gasteiger partial charge in [0, 0.05) is 23.2 Å². The zero-order chi connectivity index (χ0) is 22.5. The van der Waals surface area contributed by atoms with E-state index in [9.17, 15) is 14.4 Å². The van der Waals surface area contributed by atoms with Gasteiger partial charge in [0.15, 0.2) is 24.1 Å². The van der Waals surface area contributed by atoms with Crippen LogP contribution in [-0.2, 0) is 23.8 Å². The summed E-state index contributed by atoms with van der Waals surface area (Å²) < 4.78 is 32.6. The third-order valence-electron chi connectivity index (χ3n) is 4.56. The molecule has 11 nitrogen and oxygen atoms in total. The largest absolute Gasteiger partial charge is 0.462 e. The molecule has 1 aliphatic rings. The highest BCUT2D eigenvalue weighted by Gasteiger charge is 2.59. The Balaban J connectivity index is 2.49. The molecule has 1 aromatic heterocycles. The Morgan fingerprint density at radius 1 is 1.50 bits per heavy atom. The van der Waals surface area contributed by atoms with Crippen molar-refractivity contribution in [2.75, 3.05) is 13.2 Å². The number of carbonyl (C=O) groups is 2. The number of halogens is 1. The standard InChI is InChI=1S/C18H24FN5O6/c1-5-12(25)29-14-13(19)15(24-7-6-11(4)22-17(24)27)30-18(14,8-21-23-20)9-28-16(26)10(2)3/h6-7,10,13-15H,5,8-9H2,1-4H3/t13-,14+,15-,18-/m1/s1. The van der Waals surface area contributed by atoms with Crippen molar-refractivity contribution in [3.8, 4) is 0 Å². The predicted octanol–water partition coefficient (Wildman–Crippen LogP) is 1.99. The van der Waals surface area contributed by atoms with Crippen molar-refractivity contribution in [1.82, 2.24) is 9.55 Å². The van der Waals surface area contributed by atoms with Crippen molar-refractivity contribution < 1.29 is 28.2 Å². The number of azide groups is 1. The molecule has 0 aliphatic carbocycles. The summed E-state index contributed by atoms with van der Waals surface area (Å²) in [5.74, 6) is -1.82. The number of nitrogens with zero attached hydrogens (tertiary/aromatic N) is 5. The van der Waals surface area contributed by atoms with Gasteiger partial charge in [-0.1, -0.05) is 25.9 Å². The van der Waals surface area contributed by atoms with Crippen molar-refractivity contribution >= 4 is 11.9 Å². The minimum absolute atomic E-state index is 0.0523. The first-order valence-corrected chi connectivity index (χ1v) is 9.39. The minimum Gasteiger partial charge on any atom is -0.462 e. The van der Waals surface area contributed by atoms with Crippen LogP contribution in [0.15, 0.2) is 22.2 Å². The van der Waals surface area contributed by atoms with Crippen LogP contribution < -0.4 is 5.69 Å². The molecule has 1 aliphatic heterocycles. The van der Waals surface area contributed by atoms with Crippen molar-refractivity contribution in [3.05, 3.63) is 38.9 Å². The van der Waals surface area contributed by atoms with Crippen molar-refractivity contribution in [3.63, 3.8) is 0 Å². The van der Waals surface area contributed by atoms with Gasteiger partial charge in [-0.25, -0.2) is 9.18 Å². The maximum atomic E-state index is 15.5. The fraction of sp³-hybridized carbons (Fsp3) is 0.667. The third-order valence-corrected chi connectivity index (χ3v) is 4.56. The molecule has 4 atom stereocenters. The quantitative estimate of drug-likeness (QED) is 0.268. The van der Waals surface area contributed by atoms with E-state index in [2.05, 4.69) is 15.0 Å². The summed E-state index contributed by atoms with van der Waals surface area (Å²) in [6.07, 6.45) is -3.90. The predicted molar refractivity (Wildman–Crippen MR) is 101 cm³/mol. The number of esters is 2. The third kappa shape index (κ3) is 4.95. The van der Waals surface area contributed by atoms with Crippen molar-refractivity contribution in [1.29, 1.82) is 0 Å². The summed E-state index contributed by atoms with van der Waals surface area (Å²) in [5.41, 5.74) is 6.59. The van der Waals surface area contributed by atoms with Gasteiger partial charge in [-0.05, 0) is 18.5 Å². The summed E-state index contributed by atoms with van der Waals surface area (Å²) in [4.78, 5) is 42.6. The van der Waals surface area contributed by atoms with Gasteiger partial charge in [0.25, 0.3) is 0 Å². The summed E-state index contributed by atoms with van der Waals surface area (Å²) in [6, 6.07) is 1.48. The van der Waals surface area contributed by atoms with E-state index in [4.69, 9.17) is 19.7 Å². The maximum absolute atomic E-state index is 15.5. The lowest BCUT2D eigenvalue weighted by atomic mass is 9.96. The molecule has 0 aromatic carbocycles. The molecule has 0 unspecified atom stereocenters. The lowest BCUT2D eigenvalue weighted by molar-refractivity contribution is -0.177. The topological polar surface area (TPSA) is 145 Å². The van der Waals surface area contributed by atoms with Crippen molar-refractivity contribution in [2.45, 2.75) is 58.2 Å². The molecule has 30 heavy (non-hydrogen) atoms. The first-order valence-electron chi connectivity index (χ1n) is 9.39. The van der Waals surface area contributed by atoms with E-state index < -0.39 is 60.8 Å². The molecule has 0 spiro atoms. The number of ether oxygens (including phenoxy) is 3. The Kier molecular flexibility index (Phi) is 7.52. The normalized spacial score (nSPS) is 25.6. The average Bonchev–Trinajstić information content (AvgIpc) is 2.96. The maximum Gasteiger partial charge on any atom is 0.349 e. The van der Waals surface area contributed by atoms with Crippen LogP contribution in [-0.4, -0.2) is 52.5 Å². The Morgan fingerprint density at radius 2 is 2.20 bits per heavy atom. The zero-order valence-electron chi connectivity index (χ0n) is 17.1. The van der Waals surface area contributed by atoms with Gasteiger partial charge in [-0.15, -0.1) is 0 Å². The fourth-order valence-corrected chi connectivity index (χ4v) is 2.91. The Labute approximate surface area is 171 Å². The molecule has 0 bridgehead atoms. The van der Waals surface area contributed by atoms with Gasteiger partial charge >= 0.3 is 17.6 Å². The van der Waals surface area contributed by atoms with E-state index in [1.807, 2.05) is 0 Å². The van der Waals surface area contributed by atoms with Gasteiger partial charge < -0.3 is 14.2 Å². The molecule has 2 rings (SSSR count). The highest BCUT2D eigenvalue weighted by atomic mass is 19.1. The highest BCUT2D eigenvalue weighted by molar-refractivity contribution is 5.71. The molecular weight excluding hydrogens is 401 g/mol. The zero-order valence-corrected chi connectivity index (χ0v) is 17.1. The molecule has 0 amide bonds. The minimum atomic E-state index is -2.02. The van der Waals surface area contributed by atoms with E-state index in [1.54, 1.807) is 20.8 Å². The number of alkyl halides is 1. The molecule has 0 saturated carbocycles. The summed E-state index contributed by atoms with van der Waals surface area (Å²) in [5, 5.41) is 3.43. The van der Waals surface area contributed by atoms with Crippen LogP contribution in [0.1, 0.15) is 39.1 Å². The first-order chi connectivity index (χ1) is 14.1. The number of carbonyl (C=O) groups excluding carboxylic acids is 2. The average molecular weight is 425 g/mol.